The van der Waals surface area contributed by atoms with Crippen LogP contribution in [0.2, 0.25) is 0 Å². The molecule has 1 atom stereocenters. The average molecular weight is 380 g/mol. The van der Waals surface area contributed by atoms with Gasteiger partial charge in [0.2, 0.25) is 0 Å². The van der Waals surface area contributed by atoms with E-state index in [-0.39, 0.29) is 11.9 Å². The molecule has 0 aliphatic carbocycles. The van der Waals surface area contributed by atoms with E-state index in [1.54, 1.807) is 0 Å². The highest BCUT2D eigenvalue weighted by molar-refractivity contribution is 5.94. The molecule has 5 heteroatoms. The Morgan fingerprint density at radius 2 is 1.96 bits per heavy atom. The van der Waals surface area contributed by atoms with Crippen molar-refractivity contribution in [2.45, 2.75) is 19.4 Å². The van der Waals surface area contributed by atoms with Crippen LogP contribution in [0.15, 0.2) is 42.5 Å². The highest BCUT2D eigenvalue weighted by Gasteiger charge is 2.25. The van der Waals surface area contributed by atoms with Gasteiger partial charge in [-0.25, -0.2) is 0 Å². The smallest absolute Gasteiger partial charge is 0.251 e. The maximum Gasteiger partial charge on any atom is 0.251 e. The predicted octanol–water partition coefficient (Wildman–Crippen LogP) is 2.79. The summed E-state index contributed by atoms with van der Waals surface area (Å²) in [6.45, 7) is 6.96. The summed E-state index contributed by atoms with van der Waals surface area (Å²) in [7, 11) is 2.15. The maximum atomic E-state index is 12.7. The van der Waals surface area contributed by atoms with Gasteiger partial charge in [-0.2, -0.15) is 0 Å². The first-order valence-electron chi connectivity index (χ1n) is 10.1. The third kappa shape index (κ3) is 4.05. The van der Waals surface area contributed by atoms with Gasteiger partial charge in [0, 0.05) is 44.5 Å². The molecule has 1 fully saturated rings. The topological polar surface area (TPSA) is 44.8 Å². The lowest BCUT2D eigenvalue weighted by Gasteiger charge is -2.35. The van der Waals surface area contributed by atoms with Crippen LogP contribution in [0.1, 0.15) is 33.1 Å². The normalized spacial score (nSPS) is 18.0. The largest absolute Gasteiger partial charge is 0.379 e. The summed E-state index contributed by atoms with van der Waals surface area (Å²) in [5.41, 5.74) is 5.83. The molecule has 0 spiro atoms. The standard InChI is InChI=1S/C23H29N3O2/c1-17-4-3-5-20(14-17)23(27)24-16-22(26-10-12-28-13-11-26)18-6-7-21-19(15-18)8-9-25(21)2/h3-7,14-15,22H,8-13,16H2,1-2H3,(H,24,27)/t22-/m1/s1. The number of amides is 1. The number of ether oxygens (including phenoxy) is 1. The minimum Gasteiger partial charge on any atom is -0.379 e. The Morgan fingerprint density at radius 3 is 2.75 bits per heavy atom. The van der Waals surface area contributed by atoms with E-state index >= 15 is 0 Å². The second kappa shape index (κ2) is 8.33. The van der Waals surface area contributed by atoms with Crippen LogP contribution in [-0.2, 0) is 11.2 Å². The third-order valence-electron chi connectivity index (χ3n) is 5.84. The zero-order valence-corrected chi connectivity index (χ0v) is 16.8. The Balaban J connectivity index is 1.53. The van der Waals surface area contributed by atoms with E-state index in [2.05, 4.69) is 40.4 Å². The van der Waals surface area contributed by atoms with Gasteiger partial charge in [-0.3, -0.25) is 9.69 Å². The van der Waals surface area contributed by atoms with Crippen LogP contribution in [0.25, 0.3) is 0 Å². The number of aryl methyl sites for hydroxylation is 1. The Hall–Kier alpha value is -2.37. The van der Waals surface area contributed by atoms with Crippen molar-refractivity contribution >= 4 is 11.6 Å². The summed E-state index contributed by atoms with van der Waals surface area (Å²) < 4.78 is 5.55. The number of anilines is 1. The average Bonchev–Trinajstić information content (AvgIpc) is 3.09. The number of rotatable bonds is 5. The fourth-order valence-corrected chi connectivity index (χ4v) is 4.22. The molecule has 148 valence electrons. The van der Waals surface area contributed by atoms with Crippen molar-refractivity contribution in [1.82, 2.24) is 10.2 Å². The second-order valence-corrected chi connectivity index (χ2v) is 7.80. The number of benzene rings is 2. The first-order chi connectivity index (χ1) is 13.6. The van der Waals surface area contributed by atoms with Gasteiger partial charge in [0.25, 0.3) is 5.91 Å². The van der Waals surface area contributed by atoms with Gasteiger partial charge in [0.05, 0.1) is 19.3 Å². The first kappa shape index (κ1) is 19.0. The van der Waals surface area contributed by atoms with Gasteiger partial charge in [0.15, 0.2) is 0 Å². The summed E-state index contributed by atoms with van der Waals surface area (Å²) >= 11 is 0. The Labute approximate surface area is 167 Å². The molecule has 2 aromatic rings. The van der Waals surface area contributed by atoms with Crippen LogP contribution < -0.4 is 10.2 Å². The summed E-state index contributed by atoms with van der Waals surface area (Å²) in [6, 6.07) is 14.7. The molecule has 28 heavy (non-hydrogen) atoms. The first-order valence-corrected chi connectivity index (χ1v) is 10.1. The van der Waals surface area contributed by atoms with Gasteiger partial charge in [-0.1, -0.05) is 29.8 Å². The molecular formula is C23H29N3O2. The van der Waals surface area contributed by atoms with Crippen molar-refractivity contribution < 1.29 is 9.53 Å². The molecule has 0 unspecified atom stereocenters. The zero-order chi connectivity index (χ0) is 19.5. The monoisotopic (exact) mass is 379 g/mol. The number of morpholine rings is 1. The lowest BCUT2D eigenvalue weighted by molar-refractivity contribution is 0.0162. The van der Waals surface area contributed by atoms with Gasteiger partial charge >= 0.3 is 0 Å². The zero-order valence-electron chi connectivity index (χ0n) is 16.8. The molecule has 0 bridgehead atoms. The van der Waals surface area contributed by atoms with Crippen LogP contribution in [0.3, 0.4) is 0 Å². The molecule has 5 nitrogen and oxygen atoms in total. The van der Waals surface area contributed by atoms with Crippen LogP contribution in [0.4, 0.5) is 5.69 Å². The summed E-state index contributed by atoms with van der Waals surface area (Å²) in [6.07, 6.45) is 1.09. The van der Waals surface area contributed by atoms with E-state index in [1.165, 1.54) is 16.8 Å². The maximum absolute atomic E-state index is 12.7. The molecule has 2 aliphatic heterocycles. The van der Waals surface area contributed by atoms with E-state index < -0.39 is 0 Å². The van der Waals surface area contributed by atoms with Gasteiger partial charge in [-0.15, -0.1) is 0 Å². The minimum absolute atomic E-state index is 0.0112. The third-order valence-corrected chi connectivity index (χ3v) is 5.84. The molecule has 0 saturated carbocycles. The number of hydrogen-bond donors (Lipinski definition) is 1. The van der Waals surface area contributed by atoms with Crippen molar-refractivity contribution in [1.29, 1.82) is 0 Å². The lowest BCUT2D eigenvalue weighted by Crippen LogP contribution is -2.43. The molecule has 0 radical (unpaired) electrons. The SMILES string of the molecule is Cc1cccc(C(=O)NC[C@H](c2ccc3c(c2)CCN3C)N2CCOCC2)c1. The lowest BCUT2D eigenvalue weighted by atomic mass is 10.00. The van der Waals surface area contributed by atoms with E-state index in [0.717, 1.165) is 50.4 Å². The van der Waals surface area contributed by atoms with Crippen LogP contribution >= 0.6 is 0 Å². The van der Waals surface area contributed by atoms with Crippen molar-refractivity contribution in [2.24, 2.45) is 0 Å². The molecule has 2 aliphatic rings. The Bertz CT molecular complexity index is 845. The van der Waals surface area contributed by atoms with E-state index in [4.69, 9.17) is 4.74 Å². The molecule has 2 heterocycles. The van der Waals surface area contributed by atoms with Crippen LogP contribution in [0, 0.1) is 6.92 Å². The number of nitrogens with one attached hydrogen (secondary N) is 1. The molecular weight excluding hydrogens is 350 g/mol. The van der Waals surface area contributed by atoms with Crippen molar-refractivity contribution in [2.75, 3.05) is 51.3 Å². The summed E-state index contributed by atoms with van der Waals surface area (Å²) in [5.74, 6) is -0.0112. The van der Waals surface area contributed by atoms with Gasteiger partial charge < -0.3 is 15.0 Å². The van der Waals surface area contributed by atoms with Gasteiger partial charge in [0.1, 0.15) is 0 Å². The fourth-order valence-electron chi connectivity index (χ4n) is 4.22. The van der Waals surface area contributed by atoms with E-state index in [1.807, 2.05) is 31.2 Å². The van der Waals surface area contributed by atoms with Crippen molar-refractivity contribution in [3.05, 3.63) is 64.7 Å². The highest BCUT2D eigenvalue weighted by Crippen LogP contribution is 2.31. The second-order valence-electron chi connectivity index (χ2n) is 7.80. The number of likely N-dealkylation sites (N-methyl/N-ethyl adjacent to an activating group) is 1. The number of carbonyl (C=O) groups is 1. The van der Waals surface area contributed by atoms with Crippen LogP contribution in [-0.4, -0.2) is 57.2 Å². The number of carbonyl (C=O) groups excluding carboxylic acids is 1. The fraction of sp³-hybridized carbons (Fsp3) is 0.435. The summed E-state index contributed by atoms with van der Waals surface area (Å²) in [5, 5.41) is 3.17. The molecule has 2 aromatic carbocycles. The quantitative estimate of drug-likeness (QED) is 0.868. The predicted molar refractivity (Wildman–Crippen MR) is 112 cm³/mol. The van der Waals surface area contributed by atoms with Crippen molar-refractivity contribution in [3.8, 4) is 0 Å². The number of nitrogens with zero attached hydrogens (tertiary/aromatic N) is 2. The molecule has 1 amide bonds. The molecule has 0 aromatic heterocycles. The van der Waals surface area contributed by atoms with Crippen molar-refractivity contribution in [3.63, 3.8) is 0 Å². The number of hydrogen-bond acceptors (Lipinski definition) is 4. The molecule has 1 N–H and O–H groups in total. The molecule has 4 rings (SSSR count). The van der Waals surface area contributed by atoms with Gasteiger partial charge in [-0.05, 0) is 42.7 Å². The summed E-state index contributed by atoms with van der Waals surface area (Å²) in [4.78, 5) is 17.4. The van der Waals surface area contributed by atoms with E-state index in [9.17, 15) is 4.79 Å². The Morgan fingerprint density at radius 1 is 1.14 bits per heavy atom. The Kier molecular flexibility index (Phi) is 5.64. The van der Waals surface area contributed by atoms with Crippen LogP contribution in [0.5, 0.6) is 0 Å². The highest BCUT2D eigenvalue weighted by atomic mass is 16.5. The minimum atomic E-state index is -0.0112. The molecule has 1 saturated heterocycles. The van der Waals surface area contributed by atoms with E-state index in [0.29, 0.717) is 6.54 Å². The number of fused-ring (bicyclic) bond motifs is 1.